The van der Waals surface area contributed by atoms with Crippen LogP contribution in [0, 0.1) is 0 Å². The Labute approximate surface area is 173 Å². The lowest BCUT2D eigenvalue weighted by Crippen LogP contribution is -2.03. The lowest BCUT2D eigenvalue weighted by atomic mass is 10.0. The van der Waals surface area contributed by atoms with Crippen molar-refractivity contribution >= 4 is 27.4 Å². The fraction of sp³-hybridized carbons (Fsp3) is 0.143. The summed E-state index contributed by atoms with van der Waals surface area (Å²) in [6, 6.07) is 14.7. The van der Waals surface area contributed by atoms with E-state index in [9.17, 15) is 13.2 Å². The fourth-order valence-corrected chi connectivity index (χ4v) is 3.92. The van der Waals surface area contributed by atoms with Gasteiger partial charge in [0.2, 0.25) is 0 Å². The van der Waals surface area contributed by atoms with Crippen LogP contribution in [0.3, 0.4) is 0 Å². The van der Waals surface area contributed by atoms with Crippen LogP contribution in [0.15, 0.2) is 65.7 Å². The molecule has 6 nitrogen and oxygen atoms in total. The van der Waals surface area contributed by atoms with Crippen LogP contribution < -0.4 is 4.74 Å². The number of aliphatic carboxylic acids is 1. The SMILES string of the molecule is CCS(=O)(=O)c1ccc(Oc2cc(CC(=O)O)cc(-c3ccccn3)c2)c(Cl)c1. The molecule has 3 aromatic rings. The summed E-state index contributed by atoms with van der Waals surface area (Å²) < 4.78 is 29.9. The lowest BCUT2D eigenvalue weighted by molar-refractivity contribution is -0.136. The number of nitrogens with zero attached hydrogens (tertiary/aromatic N) is 1. The van der Waals surface area contributed by atoms with E-state index >= 15 is 0 Å². The molecule has 0 radical (unpaired) electrons. The molecule has 0 saturated carbocycles. The first-order chi connectivity index (χ1) is 13.8. The summed E-state index contributed by atoms with van der Waals surface area (Å²) in [5, 5.41) is 9.29. The van der Waals surface area contributed by atoms with Crippen molar-refractivity contribution in [3.8, 4) is 22.8 Å². The number of hydrogen-bond acceptors (Lipinski definition) is 5. The highest BCUT2D eigenvalue weighted by Gasteiger charge is 2.15. The molecule has 0 aliphatic rings. The van der Waals surface area contributed by atoms with Crippen LogP contribution in [0.4, 0.5) is 0 Å². The Morgan fingerprint density at radius 3 is 2.55 bits per heavy atom. The molecule has 8 heteroatoms. The van der Waals surface area contributed by atoms with Gasteiger partial charge in [-0.3, -0.25) is 9.78 Å². The van der Waals surface area contributed by atoms with E-state index < -0.39 is 15.8 Å². The summed E-state index contributed by atoms with van der Waals surface area (Å²) in [6.07, 6.45) is 1.46. The molecule has 0 unspecified atom stereocenters. The Morgan fingerprint density at radius 1 is 1.14 bits per heavy atom. The van der Waals surface area contributed by atoms with E-state index in [2.05, 4.69) is 4.98 Å². The zero-order chi connectivity index (χ0) is 21.0. The van der Waals surface area contributed by atoms with Gasteiger partial charge < -0.3 is 9.84 Å². The van der Waals surface area contributed by atoms with Crippen molar-refractivity contribution in [1.82, 2.24) is 4.98 Å². The summed E-state index contributed by atoms with van der Waals surface area (Å²) in [7, 11) is -3.39. The van der Waals surface area contributed by atoms with Crippen molar-refractivity contribution in [3.63, 3.8) is 0 Å². The Balaban J connectivity index is 1.99. The number of aromatic nitrogens is 1. The first-order valence-corrected chi connectivity index (χ1v) is 10.8. The number of carboxylic acids is 1. The highest BCUT2D eigenvalue weighted by atomic mass is 35.5. The molecule has 3 rings (SSSR count). The van der Waals surface area contributed by atoms with Gasteiger partial charge in [-0.1, -0.05) is 24.6 Å². The maximum Gasteiger partial charge on any atom is 0.307 e. The summed E-state index contributed by atoms with van der Waals surface area (Å²) in [6.45, 7) is 1.56. The molecule has 0 aliphatic heterocycles. The molecule has 29 heavy (non-hydrogen) atoms. The Kier molecular flexibility index (Phi) is 6.20. The van der Waals surface area contributed by atoms with Gasteiger partial charge in [0.25, 0.3) is 0 Å². The summed E-state index contributed by atoms with van der Waals surface area (Å²) in [5.74, 6) is -0.367. The van der Waals surface area contributed by atoms with Gasteiger partial charge in [0.1, 0.15) is 11.5 Å². The largest absolute Gasteiger partial charge is 0.481 e. The lowest BCUT2D eigenvalue weighted by Gasteiger charge is -2.12. The molecule has 0 atom stereocenters. The second-order valence-corrected chi connectivity index (χ2v) is 8.93. The first kappa shape index (κ1) is 20.8. The van der Waals surface area contributed by atoms with Gasteiger partial charge in [0.15, 0.2) is 9.84 Å². The third-order valence-corrected chi connectivity index (χ3v) is 6.18. The molecule has 0 bridgehead atoms. The third kappa shape index (κ3) is 5.13. The standard InChI is InChI=1S/C21H18ClNO5S/c1-2-29(26,27)17-6-7-20(18(22)13-17)28-16-10-14(11-21(24)25)9-15(12-16)19-5-3-4-8-23-19/h3-10,12-13H,2,11H2,1H3,(H,24,25). The quantitative estimate of drug-likeness (QED) is 0.586. The monoisotopic (exact) mass is 431 g/mol. The molecule has 0 saturated heterocycles. The molecular weight excluding hydrogens is 414 g/mol. The minimum Gasteiger partial charge on any atom is -0.481 e. The number of pyridine rings is 1. The number of benzene rings is 2. The predicted octanol–water partition coefficient (Wildman–Crippen LogP) is 4.62. The Morgan fingerprint density at radius 2 is 1.93 bits per heavy atom. The molecule has 2 aromatic carbocycles. The van der Waals surface area contributed by atoms with Crippen LogP contribution in [-0.2, 0) is 21.1 Å². The van der Waals surface area contributed by atoms with Gasteiger partial charge in [-0.25, -0.2) is 8.42 Å². The Bertz CT molecular complexity index is 1150. The van der Waals surface area contributed by atoms with Crippen molar-refractivity contribution in [3.05, 3.63) is 71.4 Å². The molecule has 1 aromatic heterocycles. The minimum absolute atomic E-state index is 0.0335. The molecule has 0 amide bonds. The number of ether oxygens (including phenoxy) is 1. The third-order valence-electron chi connectivity index (χ3n) is 4.15. The second kappa shape index (κ2) is 8.63. The summed E-state index contributed by atoms with van der Waals surface area (Å²) in [4.78, 5) is 15.6. The number of sulfone groups is 1. The topological polar surface area (TPSA) is 93.6 Å². The van der Waals surface area contributed by atoms with Gasteiger partial charge in [0, 0.05) is 11.8 Å². The number of hydrogen-bond donors (Lipinski definition) is 1. The zero-order valence-corrected chi connectivity index (χ0v) is 17.1. The average Bonchev–Trinajstić information content (AvgIpc) is 2.69. The molecule has 1 heterocycles. The maximum atomic E-state index is 12.0. The predicted molar refractivity (Wildman–Crippen MR) is 110 cm³/mol. The van der Waals surface area contributed by atoms with E-state index in [4.69, 9.17) is 21.4 Å². The van der Waals surface area contributed by atoms with E-state index in [1.807, 2.05) is 6.07 Å². The molecule has 150 valence electrons. The summed E-state index contributed by atoms with van der Waals surface area (Å²) >= 11 is 6.23. The smallest absolute Gasteiger partial charge is 0.307 e. The Hall–Kier alpha value is -2.90. The van der Waals surface area contributed by atoms with Crippen molar-refractivity contribution in [2.24, 2.45) is 0 Å². The zero-order valence-electron chi connectivity index (χ0n) is 15.5. The van der Waals surface area contributed by atoms with Gasteiger partial charge in [-0.15, -0.1) is 0 Å². The van der Waals surface area contributed by atoms with Crippen LogP contribution in [0.1, 0.15) is 12.5 Å². The van der Waals surface area contributed by atoms with Crippen LogP contribution in [-0.4, -0.2) is 30.2 Å². The molecule has 0 spiro atoms. The van der Waals surface area contributed by atoms with Gasteiger partial charge in [0.05, 0.1) is 27.8 Å². The van der Waals surface area contributed by atoms with Crippen LogP contribution in [0.5, 0.6) is 11.5 Å². The number of carbonyl (C=O) groups is 1. The second-order valence-electron chi connectivity index (χ2n) is 6.25. The highest BCUT2D eigenvalue weighted by molar-refractivity contribution is 7.91. The van der Waals surface area contributed by atoms with E-state index in [0.717, 1.165) is 0 Å². The maximum absolute atomic E-state index is 12.0. The van der Waals surface area contributed by atoms with E-state index in [1.54, 1.807) is 43.5 Å². The van der Waals surface area contributed by atoms with Crippen molar-refractivity contribution in [2.75, 3.05) is 5.75 Å². The molecule has 0 aliphatic carbocycles. The van der Waals surface area contributed by atoms with Crippen molar-refractivity contribution in [2.45, 2.75) is 18.2 Å². The number of rotatable bonds is 7. The van der Waals surface area contributed by atoms with Crippen molar-refractivity contribution in [1.29, 1.82) is 0 Å². The molecular formula is C21H18ClNO5S. The van der Waals surface area contributed by atoms with Gasteiger partial charge in [-0.2, -0.15) is 0 Å². The van der Waals surface area contributed by atoms with Crippen LogP contribution in [0.2, 0.25) is 5.02 Å². The number of carboxylic acid groups (broad SMARTS) is 1. The number of halogens is 1. The molecule has 0 fully saturated rings. The van der Waals surface area contributed by atoms with Gasteiger partial charge in [-0.05, 0) is 54.1 Å². The normalized spacial score (nSPS) is 11.2. The van der Waals surface area contributed by atoms with Crippen LogP contribution in [0.25, 0.3) is 11.3 Å². The van der Waals surface area contributed by atoms with E-state index in [1.165, 1.54) is 18.2 Å². The van der Waals surface area contributed by atoms with Crippen LogP contribution >= 0.6 is 11.6 Å². The summed E-state index contributed by atoms with van der Waals surface area (Å²) in [5.41, 5.74) is 1.90. The average molecular weight is 432 g/mol. The fourth-order valence-electron chi connectivity index (χ4n) is 2.73. The van der Waals surface area contributed by atoms with E-state index in [-0.39, 0.29) is 27.8 Å². The molecule has 1 N–H and O–H groups in total. The highest BCUT2D eigenvalue weighted by Crippen LogP contribution is 2.34. The minimum atomic E-state index is -3.39. The first-order valence-electron chi connectivity index (χ1n) is 8.76. The van der Waals surface area contributed by atoms with E-state index in [0.29, 0.717) is 22.6 Å². The van der Waals surface area contributed by atoms with Crippen molar-refractivity contribution < 1.29 is 23.1 Å². The van der Waals surface area contributed by atoms with Gasteiger partial charge >= 0.3 is 5.97 Å².